The van der Waals surface area contributed by atoms with Crippen molar-refractivity contribution in [1.82, 2.24) is 4.90 Å². The highest BCUT2D eigenvalue weighted by Gasteiger charge is 2.38. The van der Waals surface area contributed by atoms with Gasteiger partial charge < -0.3 is 0 Å². The molecule has 0 radical (unpaired) electrons. The summed E-state index contributed by atoms with van der Waals surface area (Å²) in [5, 5.41) is 0. The van der Waals surface area contributed by atoms with Crippen LogP contribution in [-0.4, -0.2) is 35.6 Å². The summed E-state index contributed by atoms with van der Waals surface area (Å²) in [6.45, 7) is 2.03. The Morgan fingerprint density at radius 1 is 0.952 bits per heavy atom. The molecule has 0 N–H and O–H groups in total. The molecule has 0 aromatic heterocycles. The third-order valence-corrected chi connectivity index (χ3v) is 4.85. The predicted octanol–water partition coefficient (Wildman–Crippen LogP) is 3.09. The van der Waals surface area contributed by atoms with Gasteiger partial charge in [0.2, 0.25) is 0 Å². The van der Waals surface area contributed by atoms with Crippen LogP contribution in [-0.2, 0) is 4.79 Å². The number of rotatable bonds is 3. The summed E-state index contributed by atoms with van der Waals surface area (Å²) in [5.74, 6) is -0.243. The Labute approximate surface area is 126 Å². The lowest BCUT2D eigenvalue weighted by atomic mass is 9.79. The highest BCUT2D eigenvalue weighted by molar-refractivity contribution is 6.12. The summed E-state index contributed by atoms with van der Waals surface area (Å²) in [6.07, 6.45) is 6.26. The Kier molecular flexibility index (Phi) is 4.49. The molecule has 2 aliphatic rings. The Hall–Kier alpha value is -1.48. The maximum atomic E-state index is 12.8. The van der Waals surface area contributed by atoms with Crippen molar-refractivity contribution in [2.24, 2.45) is 5.92 Å². The molecule has 1 saturated heterocycles. The number of likely N-dealkylation sites (tertiary alicyclic amines) is 1. The van der Waals surface area contributed by atoms with E-state index >= 15 is 0 Å². The van der Waals surface area contributed by atoms with E-state index in [1.165, 1.54) is 19.3 Å². The molecule has 3 heteroatoms. The molecule has 2 fully saturated rings. The van der Waals surface area contributed by atoms with Crippen molar-refractivity contribution in [2.75, 3.05) is 13.1 Å². The van der Waals surface area contributed by atoms with Crippen LogP contribution in [0.3, 0.4) is 0 Å². The predicted molar refractivity (Wildman–Crippen MR) is 82.3 cm³/mol. The van der Waals surface area contributed by atoms with Gasteiger partial charge in [-0.05, 0) is 38.8 Å². The van der Waals surface area contributed by atoms with Crippen LogP contribution in [0.1, 0.15) is 48.9 Å². The molecule has 1 aliphatic carbocycles. The van der Waals surface area contributed by atoms with Gasteiger partial charge in [0.05, 0.1) is 12.0 Å². The van der Waals surface area contributed by atoms with Crippen LogP contribution in [0.4, 0.5) is 0 Å². The molecule has 1 aromatic rings. The summed E-state index contributed by atoms with van der Waals surface area (Å²) in [4.78, 5) is 27.7. The van der Waals surface area contributed by atoms with Gasteiger partial charge >= 0.3 is 0 Å². The van der Waals surface area contributed by atoms with Crippen molar-refractivity contribution in [3.05, 3.63) is 35.9 Å². The minimum Gasteiger partial charge on any atom is -0.297 e. The average molecular weight is 285 g/mol. The Morgan fingerprint density at radius 3 is 2.38 bits per heavy atom. The summed E-state index contributed by atoms with van der Waals surface area (Å²) in [7, 11) is 0. The number of hydrogen-bond acceptors (Lipinski definition) is 3. The third kappa shape index (κ3) is 3.08. The van der Waals surface area contributed by atoms with Crippen LogP contribution in [0, 0.1) is 5.92 Å². The molecular formula is C18H23NO2. The van der Waals surface area contributed by atoms with E-state index in [4.69, 9.17) is 0 Å². The smallest absolute Gasteiger partial charge is 0.173 e. The second-order valence-electron chi connectivity index (χ2n) is 6.23. The maximum absolute atomic E-state index is 12.8. The molecule has 21 heavy (non-hydrogen) atoms. The van der Waals surface area contributed by atoms with E-state index in [1.807, 2.05) is 30.3 Å². The minimum absolute atomic E-state index is 0.0160. The highest BCUT2D eigenvalue weighted by Crippen LogP contribution is 2.29. The van der Waals surface area contributed by atoms with Crippen molar-refractivity contribution in [1.29, 1.82) is 0 Å². The van der Waals surface area contributed by atoms with Crippen molar-refractivity contribution < 1.29 is 9.59 Å². The van der Waals surface area contributed by atoms with Crippen molar-refractivity contribution in [3.8, 4) is 0 Å². The standard InChI is InChI=1S/C18H23NO2/c20-17(14-8-3-1-4-9-14)15-10-7-11-16(18(15)21)19-12-5-2-6-13-19/h1,3-4,8-9,15-16H,2,5-7,10-13H2. The average Bonchev–Trinajstić information content (AvgIpc) is 2.56. The van der Waals surface area contributed by atoms with E-state index in [-0.39, 0.29) is 17.6 Å². The molecule has 2 atom stereocenters. The second-order valence-corrected chi connectivity index (χ2v) is 6.23. The van der Waals surface area contributed by atoms with E-state index in [9.17, 15) is 9.59 Å². The topological polar surface area (TPSA) is 37.4 Å². The Bertz CT molecular complexity index is 505. The molecule has 0 amide bonds. The van der Waals surface area contributed by atoms with Crippen molar-refractivity contribution in [3.63, 3.8) is 0 Å². The fourth-order valence-electron chi connectivity index (χ4n) is 3.69. The largest absolute Gasteiger partial charge is 0.297 e. The number of ketones is 2. The van der Waals surface area contributed by atoms with Crippen molar-refractivity contribution in [2.45, 2.75) is 44.6 Å². The Morgan fingerprint density at radius 2 is 1.67 bits per heavy atom. The molecule has 0 bridgehead atoms. The van der Waals surface area contributed by atoms with E-state index in [1.54, 1.807) is 0 Å². The van der Waals surface area contributed by atoms with Gasteiger partial charge in [-0.3, -0.25) is 14.5 Å². The third-order valence-electron chi connectivity index (χ3n) is 4.85. The zero-order valence-corrected chi connectivity index (χ0v) is 12.5. The minimum atomic E-state index is -0.423. The first kappa shape index (κ1) is 14.5. The quantitative estimate of drug-likeness (QED) is 0.632. The van der Waals surface area contributed by atoms with E-state index < -0.39 is 5.92 Å². The second kappa shape index (κ2) is 6.52. The molecule has 3 rings (SSSR count). The van der Waals surface area contributed by atoms with Gasteiger partial charge in [0.1, 0.15) is 0 Å². The van der Waals surface area contributed by atoms with E-state index in [0.29, 0.717) is 5.56 Å². The lowest BCUT2D eigenvalue weighted by Gasteiger charge is -2.37. The fourth-order valence-corrected chi connectivity index (χ4v) is 3.69. The molecule has 2 unspecified atom stereocenters. The van der Waals surface area contributed by atoms with Crippen LogP contribution in [0.25, 0.3) is 0 Å². The molecular weight excluding hydrogens is 262 g/mol. The normalized spacial score (nSPS) is 27.5. The first-order valence-corrected chi connectivity index (χ1v) is 8.14. The zero-order valence-electron chi connectivity index (χ0n) is 12.5. The SMILES string of the molecule is O=C(c1ccccc1)C1CCCC(N2CCCCC2)C1=O. The number of piperidine rings is 1. The van der Waals surface area contributed by atoms with E-state index in [0.717, 1.165) is 32.4 Å². The summed E-state index contributed by atoms with van der Waals surface area (Å²) in [5.41, 5.74) is 0.676. The number of nitrogens with zero attached hydrogens (tertiary/aromatic N) is 1. The van der Waals surface area contributed by atoms with Gasteiger partial charge in [-0.25, -0.2) is 0 Å². The lowest BCUT2D eigenvalue weighted by molar-refractivity contribution is -0.129. The maximum Gasteiger partial charge on any atom is 0.173 e. The van der Waals surface area contributed by atoms with Gasteiger partial charge in [-0.15, -0.1) is 0 Å². The summed E-state index contributed by atoms with van der Waals surface area (Å²) in [6, 6.07) is 9.25. The van der Waals surface area contributed by atoms with Crippen LogP contribution >= 0.6 is 0 Å². The van der Waals surface area contributed by atoms with Gasteiger partial charge in [0, 0.05) is 5.56 Å². The summed E-state index contributed by atoms with van der Waals surface area (Å²) < 4.78 is 0. The van der Waals surface area contributed by atoms with Crippen molar-refractivity contribution >= 4 is 11.6 Å². The molecule has 1 heterocycles. The number of carbonyl (C=O) groups excluding carboxylic acids is 2. The number of Topliss-reactive ketones (excluding diaryl/α,β-unsaturated/α-hetero) is 2. The molecule has 1 aliphatic heterocycles. The van der Waals surface area contributed by atoms with E-state index in [2.05, 4.69) is 4.90 Å². The zero-order chi connectivity index (χ0) is 14.7. The first-order valence-electron chi connectivity index (χ1n) is 8.14. The molecule has 112 valence electrons. The van der Waals surface area contributed by atoms with Crippen LogP contribution in [0.2, 0.25) is 0 Å². The Balaban J connectivity index is 1.74. The molecule has 0 spiro atoms. The number of hydrogen-bond donors (Lipinski definition) is 0. The molecule has 1 aromatic carbocycles. The van der Waals surface area contributed by atoms with Gasteiger partial charge in [-0.2, -0.15) is 0 Å². The van der Waals surface area contributed by atoms with Crippen LogP contribution in [0.15, 0.2) is 30.3 Å². The fraction of sp³-hybridized carbons (Fsp3) is 0.556. The summed E-state index contributed by atoms with van der Waals surface area (Å²) >= 11 is 0. The lowest BCUT2D eigenvalue weighted by Crippen LogP contribution is -2.49. The van der Waals surface area contributed by atoms with Gasteiger partial charge in [0.25, 0.3) is 0 Å². The number of carbonyl (C=O) groups is 2. The van der Waals surface area contributed by atoms with Gasteiger partial charge in [-0.1, -0.05) is 43.2 Å². The van der Waals surface area contributed by atoms with Gasteiger partial charge in [0.15, 0.2) is 11.6 Å². The molecule has 3 nitrogen and oxygen atoms in total. The molecule has 1 saturated carbocycles. The number of benzene rings is 1. The van der Waals surface area contributed by atoms with Crippen LogP contribution < -0.4 is 0 Å². The monoisotopic (exact) mass is 285 g/mol. The highest BCUT2D eigenvalue weighted by atomic mass is 16.2. The van der Waals surface area contributed by atoms with Crippen LogP contribution in [0.5, 0.6) is 0 Å². The first-order chi connectivity index (χ1) is 10.3.